The molecule has 232 valence electrons. The highest BCUT2D eigenvalue weighted by molar-refractivity contribution is 5.79. The van der Waals surface area contributed by atoms with Crippen LogP contribution in [0.5, 0.6) is 11.5 Å². The molecule has 1 unspecified atom stereocenters. The predicted molar refractivity (Wildman–Crippen MR) is 157 cm³/mol. The molecule has 0 saturated heterocycles. The quantitative estimate of drug-likeness (QED) is 0.159. The summed E-state index contributed by atoms with van der Waals surface area (Å²) in [5.41, 5.74) is 1.21. The molecule has 0 radical (unpaired) electrons. The van der Waals surface area contributed by atoms with Crippen LogP contribution >= 0.6 is 0 Å². The van der Waals surface area contributed by atoms with Gasteiger partial charge in [-0.1, -0.05) is 12.1 Å². The van der Waals surface area contributed by atoms with Crippen LogP contribution in [-0.2, 0) is 17.8 Å². The number of rotatable bonds is 10. The molecule has 0 aliphatic heterocycles. The van der Waals surface area contributed by atoms with Crippen LogP contribution in [0.4, 0.5) is 13.2 Å². The lowest BCUT2D eigenvalue weighted by atomic mass is 10.1. The lowest BCUT2D eigenvalue weighted by Gasteiger charge is -2.30. The molecule has 3 aromatic heterocycles. The van der Waals surface area contributed by atoms with Crippen molar-refractivity contribution in [3.05, 3.63) is 124 Å². The summed E-state index contributed by atoms with van der Waals surface area (Å²) in [6.45, 7) is 3.99. The molecule has 13 heteroatoms. The summed E-state index contributed by atoms with van der Waals surface area (Å²) in [7, 11) is 0. The number of halogens is 3. The molecule has 10 nitrogen and oxygen atoms in total. The molecule has 0 fully saturated rings. The van der Waals surface area contributed by atoms with Crippen LogP contribution in [0.1, 0.15) is 36.8 Å². The van der Waals surface area contributed by atoms with Gasteiger partial charge in [-0.3, -0.25) is 14.2 Å². The maximum atomic E-state index is 13.9. The van der Waals surface area contributed by atoms with Crippen LogP contribution in [0.2, 0.25) is 0 Å². The molecule has 3 heterocycles. The molecule has 0 N–H and O–H groups in total. The highest BCUT2D eigenvalue weighted by atomic mass is 19.4. The number of hydrogen-bond donors (Lipinski definition) is 0. The largest absolute Gasteiger partial charge is 0.619 e. The summed E-state index contributed by atoms with van der Waals surface area (Å²) in [5, 5.41) is 12.3. The molecule has 5 aromatic rings. The first kappa shape index (κ1) is 31.0. The first-order valence-corrected chi connectivity index (χ1v) is 13.9. The summed E-state index contributed by atoms with van der Waals surface area (Å²) in [6.07, 6.45) is -0.899. The minimum Gasteiger partial charge on any atom is -0.619 e. The maximum Gasteiger partial charge on any atom is 0.573 e. The first-order valence-electron chi connectivity index (χ1n) is 13.9. The van der Waals surface area contributed by atoms with Gasteiger partial charge < -0.3 is 19.6 Å². The van der Waals surface area contributed by atoms with Crippen molar-refractivity contribution in [2.24, 2.45) is 0 Å². The van der Waals surface area contributed by atoms with Crippen molar-refractivity contribution in [2.45, 2.75) is 39.2 Å². The molecular formula is C32H28F3N5O5. The van der Waals surface area contributed by atoms with Gasteiger partial charge in [0.05, 0.1) is 36.7 Å². The van der Waals surface area contributed by atoms with Crippen LogP contribution in [0.3, 0.4) is 0 Å². The molecule has 0 aliphatic rings. The lowest BCUT2D eigenvalue weighted by molar-refractivity contribution is -0.605. The third-order valence-electron chi connectivity index (χ3n) is 6.94. The molecule has 2 aromatic carbocycles. The molecule has 0 bridgehead atoms. The second-order valence-corrected chi connectivity index (χ2v) is 10.1. The zero-order chi connectivity index (χ0) is 32.1. The summed E-state index contributed by atoms with van der Waals surface area (Å²) < 4.78 is 49.4. The number of alkyl halides is 3. The van der Waals surface area contributed by atoms with Gasteiger partial charge in [0.15, 0.2) is 18.0 Å². The number of carbonyl (C=O) groups excluding carboxylic acids is 1. The van der Waals surface area contributed by atoms with E-state index in [0.29, 0.717) is 33.9 Å². The second-order valence-electron chi connectivity index (χ2n) is 10.1. The predicted octanol–water partition coefficient (Wildman–Crippen LogP) is 5.04. The average Bonchev–Trinajstić information content (AvgIpc) is 3.00. The highest BCUT2D eigenvalue weighted by Gasteiger charge is 2.31. The van der Waals surface area contributed by atoms with E-state index in [2.05, 4.69) is 9.72 Å². The zero-order valence-electron chi connectivity index (χ0n) is 24.3. The third kappa shape index (κ3) is 7.37. The smallest absolute Gasteiger partial charge is 0.573 e. The molecule has 1 atom stereocenters. The van der Waals surface area contributed by atoms with Crippen molar-refractivity contribution < 1.29 is 32.2 Å². The molecule has 5 rings (SSSR count). The van der Waals surface area contributed by atoms with Crippen molar-refractivity contribution in [2.75, 3.05) is 6.61 Å². The van der Waals surface area contributed by atoms with E-state index in [1.54, 1.807) is 55.5 Å². The van der Waals surface area contributed by atoms with Gasteiger partial charge in [0.2, 0.25) is 5.91 Å². The third-order valence-corrected chi connectivity index (χ3v) is 6.94. The summed E-state index contributed by atoms with van der Waals surface area (Å²) in [5.74, 6) is -0.0244. The van der Waals surface area contributed by atoms with E-state index in [0.717, 1.165) is 12.1 Å². The van der Waals surface area contributed by atoms with Crippen LogP contribution in [0.15, 0.2) is 96.2 Å². The second kappa shape index (κ2) is 13.0. The van der Waals surface area contributed by atoms with Gasteiger partial charge in [0.1, 0.15) is 17.3 Å². The van der Waals surface area contributed by atoms with Crippen LogP contribution in [-0.4, -0.2) is 38.3 Å². The van der Waals surface area contributed by atoms with Crippen LogP contribution in [0, 0.1) is 5.21 Å². The molecule has 1 amide bonds. The lowest BCUT2D eigenvalue weighted by Crippen LogP contribution is -2.38. The average molecular weight is 620 g/mol. The van der Waals surface area contributed by atoms with E-state index in [1.807, 2.05) is 6.92 Å². The van der Waals surface area contributed by atoms with Gasteiger partial charge >= 0.3 is 6.36 Å². The Morgan fingerprint density at radius 2 is 1.73 bits per heavy atom. The van der Waals surface area contributed by atoms with E-state index < -0.39 is 29.6 Å². The minimum absolute atomic E-state index is 0.0300. The minimum atomic E-state index is -4.85. The Morgan fingerprint density at radius 3 is 2.40 bits per heavy atom. The van der Waals surface area contributed by atoms with Crippen molar-refractivity contribution in [3.63, 3.8) is 0 Å². The number of carbonyl (C=O) groups is 1. The van der Waals surface area contributed by atoms with Gasteiger partial charge in [0.25, 0.3) is 5.56 Å². The van der Waals surface area contributed by atoms with Crippen molar-refractivity contribution in [3.8, 4) is 17.2 Å². The van der Waals surface area contributed by atoms with Crippen molar-refractivity contribution in [1.29, 1.82) is 0 Å². The number of benzene rings is 2. The summed E-state index contributed by atoms with van der Waals surface area (Å²) in [4.78, 5) is 38.3. The fourth-order valence-electron chi connectivity index (χ4n) is 4.88. The SMILES string of the molecule is CCOc1ccc(-n2c(C(C)N(Cc3ccc[n+]([O-])c3)C(=O)Cc3ccc(OC(F)(F)F)cc3)nc3ncccc3c2=O)cc1. The highest BCUT2D eigenvalue weighted by Crippen LogP contribution is 2.27. The van der Waals surface area contributed by atoms with E-state index in [1.165, 1.54) is 40.2 Å². The van der Waals surface area contributed by atoms with Gasteiger partial charge in [-0.15, -0.1) is 13.2 Å². The molecule has 0 aliphatic carbocycles. The van der Waals surface area contributed by atoms with Crippen molar-refractivity contribution >= 4 is 16.9 Å². The zero-order valence-corrected chi connectivity index (χ0v) is 24.3. The Kier molecular flexibility index (Phi) is 8.98. The fourth-order valence-corrected chi connectivity index (χ4v) is 4.88. The van der Waals surface area contributed by atoms with E-state index in [4.69, 9.17) is 9.72 Å². The Balaban J connectivity index is 1.57. The van der Waals surface area contributed by atoms with E-state index in [9.17, 15) is 28.0 Å². The molecule has 45 heavy (non-hydrogen) atoms. The molecule has 0 saturated carbocycles. The monoisotopic (exact) mass is 619 g/mol. The number of hydrogen-bond acceptors (Lipinski definition) is 7. The first-order chi connectivity index (χ1) is 21.5. The van der Waals surface area contributed by atoms with Crippen molar-refractivity contribution in [1.82, 2.24) is 19.4 Å². The Hall–Kier alpha value is -5.46. The van der Waals surface area contributed by atoms with Crippen LogP contribution < -0.4 is 19.8 Å². The standard InChI is InChI=1S/C32H28F3N5O5/c1-3-44-25-14-10-24(11-15-25)40-30(37-29-27(31(40)42)7-4-16-36-29)21(2)39(20-23-6-5-17-38(43)19-23)28(41)18-22-8-12-26(13-9-22)45-32(33,34)35/h4-17,19,21H,3,18,20H2,1-2H3. The number of nitrogens with zero attached hydrogens (tertiary/aromatic N) is 5. The Bertz CT molecular complexity index is 1860. The normalized spacial score (nSPS) is 12.1. The van der Waals surface area contributed by atoms with Gasteiger partial charge in [-0.25, -0.2) is 9.97 Å². The number of pyridine rings is 2. The topological polar surface area (TPSA) is 113 Å². The fraction of sp³-hybridized carbons (Fsp3) is 0.219. The maximum absolute atomic E-state index is 13.9. The number of amides is 1. The Morgan fingerprint density at radius 1 is 1.02 bits per heavy atom. The molecule has 0 spiro atoms. The Labute approximate surface area is 255 Å². The number of aromatic nitrogens is 4. The summed E-state index contributed by atoms with van der Waals surface area (Å²) >= 11 is 0. The summed E-state index contributed by atoms with van der Waals surface area (Å²) in [6, 6.07) is 17.5. The van der Waals surface area contributed by atoms with Crippen LogP contribution in [0.25, 0.3) is 16.7 Å². The van der Waals surface area contributed by atoms with E-state index >= 15 is 0 Å². The number of fused-ring (bicyclic) bond motifs is 1. The number of ether oxygens (including phenoxy) is 2. The molecular weight excluding hydrogens is 591 g/mol. The van der Waals surface area contributed by atoms with Gasteiger partial charge in [0, 0.05) is 17.8 Å². The van der Waals surface area contributed by atoms with Gasteiger partial charge in [-0.2, -0.15) is 4.73 Å². The van der Waals surface area contributed by atoms with Gasteiger partial charge in [-0.05, 0) is 74.0 Å². The van der Waals surface area contributed by atoms with E-state index in [-0.39, 0.29) is 29.8 Å².